The Balaban J connectivity index is -0.000000000833. The number of rotatable bonds is 0. The van der Waals surface area contributed by atoms with Crippen molar-refractivity contribution in [2.24, 2.45) is 0 Å². The van der Waals surface area contributed by atoms with E-state index in [4.69, 9.17) is 0 Å². The van der Waals surface area contributed by atoms with Crippen LogP contribution in [0.5, 0.6) is 0 Å². The first-order chi connectivity index (χ1) is 1.00. The summed E-state index contributed by atoms with van der Waals surface area (Å²) in [5, 5.41) is 0. The molecule has 0 spiro atoms. The van der Waals surface area contributed by atoms with Gasteiger partial charge in [-0.05, 0) is 0 Å². The van der Waals surface area contributed by atoms with Gasteiger partial charge in [-0.1, -0.05) is 0 Å². The second-order valence-corrected chi connectivity index (χ2v) is 0. The quantitative estimate of drug-likeness (QED) is 0.439. The molecule has 0 unspecified atom stereocenters. The second kappa shape index (κ2) is 40.3. The van der Waals surface area contributed by atoms with E-state index in [0.29, 0.717) is 0 Å². The van der Waals surface area contributed by atoms with E-state index in [9.17, 15) is 0 Å². The van der Waals surface area contributed by atoms with Crippen LogP contribution in [0.4, 0.5) is 0 Å². The molecule has 0 N–H and O–H groups in total. The van der Waals surface area contributed by atoms with E-state index in [0.717, 1.165) is 20.2 Å². The van der Waals surface area contributed by atoms with Gasteiger partial charge in [-0.2, -0.15) is 0 Å². The van der Waals surface area contributed by atoms with Crippen LogP contribution in [0, 0.1) is 0 Å². The van der Waals surface area contributed by atoms with Crippen molar-refractivity contribution < 1.29 is 0 Å². The van der Waals surface area contributed by atoms with Crippen LogP contribution in [-0.2, 0) is 0 Å². The van der Waals surface area contributed by atoms with Crippen LogP contribution in [0.25, 0.3) is 0 Å². The molecule has 0 fully saturated rings. The average Bonchev–Trinajstić information content (AvgIpc) is 1.00. The van der Waals surface area contributed by atoms with Crippen LogP contribution in [0.15, 0.2) is 0 Å². The molecule has 42 valence electrons. The maximum absolute atomic E-state index is 2.36. The molecule has 0 aromatic heterocycles. The first kappa shape index (κ1) is 34.5. The molecule has 0 rings (SSSR count). The Morgan fingerprint density at radius 3 is 0.833 bits per heavy atom. The van der Waals surface area contributed by atoms with Gasteiger partial charge < -0.3 is 0 Å². The molecule has 0 aliphatic rings. The Morgan fingerprint density at radius 2 is 0.833 bits per heavy atom. The fourth-order valence-corrected chi connectivity index (χ4v) is 0. The Hall–Kier alpha value is 3.34. The molecule has 0 aromatic carbocycles. The summed E-state index contributed by atoms with van der Waals surface area (Å²) in [5.41, 5.74) is 0. The van der Waals surface area contributed by atoms with Gasteiger partial charge in [0.25, 0.3) is 0 Å². The minimum absolute atomic E-state index is 0. The molecule has 0 saturated heterocycles. The molecular weight excluding hydrogens is 463 g/mol. The van der Waals surface area contributed by atoms with E-state index in [1.165, 1.54) is 0 Å². The van der Waals surface area contributed by atoms with Crippen LogP contribution in [0.1, 0.15) is 0 Å². The van der Waals surface area contributed by atoms with Crippen LogP contribution in [0.3, 0.4) is 0 Å². The van der Waals surface area contributed by atoms with Crippen molar-refractivity contribution in [3.05, 3.63) is 0 Å². The molecule has 0 radical (unpaired) electrons. The molecule has 0 amide bonds. The van der Waals surface area contributed by atoms with Gasteiger partial charge in [-0.25, -0.2) is 0 Å². The average molecular weight is 471 g/mol. The molecule has 0 nitrogen and oxygen atoms in total. The number of halogens is 4. The summed E-state index contributed by atoms with van der Waals surface area (Å²) in [4.78, 5) is 0. The third-order valence-electron chi connectivity index (χ3n) is 0. The van der Waals surface area contributed by atoms with Gasteiger partial charge in [-0.3, -0.25) is 0 Å². The van der Waals surface area contributed by atoms with Gasteiger partial charge in [0, 0.05) is 0 Å². The van der Waals surface area contributed by atoms with E-state index in [1.807, 2.05) is 0 Å². The first-order valence-electron chi connectivity index (χ1n) is 0.378. The van der Waals surface area contributed by atoms with Crippen LogP contribution < -0.4 is 0 Å². The van der Waals surface area contributed by atoms with Crippen LogP contribution in [0.2, 0.25) is 0 Å². The van der Waals surface area contributed by atoms with Gasteiger partial charge in [0.05, 0.1) is 0 Å². The molecule has 0 saturated carbocycles. The Morgan fingerprint density at radius 1 is 0.833 bits per heavy atom. The van der Waals surface area contributed by atoms with Gasteiger partial charge in [0.2, 0.25) is 0 Å². The first-order valence-corrected chi connectivity index (χ1v) is 17.0. The molecule has 6 heteroatoms. The van der Waals surface area contributed by atoms with Crippen molar-refractivity contribution >= 4 is 101 Å². The van der Waals surface area contributed by atoms with Gasteiger partial charge in [-0.15, -0.1) is 37.2 Å². The zero-order valence-electron chi connectivity index (χ0n) is 2.60. The van der Waals surface area contributed by atoms with Crippen molar-refractivity contribution in [3.8, 4) is 0 Å². The molecular formula is H8Cl3IIn2. The second-order valence-electron chi connectivity index (χ2n) is 0. The summed E-state index contributed by atoms with van der Waals surface area (Å²) in [6, 6.07) is 0. The van der Waals surface area contributed by atoms with E-state index >= 15 is 0 Å². The molecule has 0 aliphatic heterocycles. The van der Waals surface area contributed by atoms with Crippen molar-refractivity contribution in [1.29, 1.82) is 0 Å². The summed E-state index contributed by atoms with van der Waals surface area (Å²) < 4.78 is 0. The van der Waals surface area contributed by atoms with E-state index in [1.54, 1.807) is 0 Å². The SMILES string of the molecule is Cl.Cl.Cl.[InH2][I].[InH3]. The zero-order valence-corrected chi connectivity index (χ0v) is 12.9. The standard InChI is InChI=1S/3ClH.HI.2In.5H/h4*1H;;;;;;;/q;;;;;+1;;;;;/p-1. The fraction of sp³-hybridized carbons (Fsp3) is 0. The molecule has 6 heavy (non-hydrogen) atoms. The van der Waals surface area contributed by atoms with Crippen LogP contribution in [-0.4, -0.2) is 46.1 Å². The third-order valence-corrected chi connectivity index (χ3v) is 0. The molecule has 0 bridgehead atoms. The van der Waals surface area contributed by atoms with Crippen molar-refractivity contribution in [2.45, 2.75) is 0 Å². The van der Waals surface area contributed by atoms with Crippen LogP contribution >= 0.6 is 55.4 Å². The minimum atomic E-state index is 0. The summed E-state index contributed by atoms with van der Waals surface area (Å²) >= 11 is 3.28. The van der Waals surface area contributed by atoms with Crippen molar-refractivity contribution in [3.63, 3.8) is 0 Å². The monoisotopic (exact) mass is 470 g/mol. The Kier molecular flexibility index (Phi) is 232. The molecule has 0 aromatic rings. The number of hydrogen-bond acceptors (Lipinski definition) is 0. The molecule has 0 atom stereocenters. The Bertz CT molecular complexity index is 8.75. The molecule has 0 heterocycles. The van der Waals surface area contributed by atoms with E-state index < -0.39 is 0 Å². The van der Waals surface area contributed by atoms with E-state index in [2.05, 4.69) is 18.1 Å². The summed E-state index contributed by atoms with van der Waals surface area (Å²) in [7, 11) is 0. The third kappa shape index (κ3) is 26.4. The zero-order chi connectivity index (χ0) is 2.00. The van der Waals surface area contributed by atoms with Gasteiger partial charge >= 0.3 is 64.2 Å². The Labute approximate surface area is 99.3 Å². The maximum atomic E-state index is 2.36. The van der Waals surface area contributed by atoms with Gasteiger partial charge in [0.1, 0.15) is 0 Å². The summed E-state index contributed by atoms with van der Waals surface area (Å²) in [6.07, 6.45) is 0. The van der Waals surface area contributed by atoms with Crippen molar-refractivity contribution in [1.82, 2.24) is 0 Å². The topological polar surface area (TPSA) is 0 Å². The number of hydrogen-bond donors (Lipinski definition) is 0. The predicted molar refractivity (Wildman–Crippen MR) is 54.2 cm³/mol. The van der Waals surface area contributed by atoms with E-state index in [-0.39, 0.29) is 63.1 Å². The predicted octanol–water partition coefficient (Wildman–Crippen LogP) is 0.0510. The van der Waals surface area contributed by atoms with Crippen molar-refractivity contribution in [2.75, 3.05) is 0 Å². The normalized spacial score (nSPS) is 0.833. The summed E-state index contributed by atoms with van der Waals surface area (Å²) in [6.45, 7) is 0. The van der Waals surface area contributed by atoms with Gasteiger partial charge in [0.15, 0.2) is 0 Å². The summed E-state index contributed by atoms with van der Waals surface area (Å²) in [5.74, 6) is 0. The fourth-order valence-electron chi connectivity index (χ4n) is 0. The molecule has 0 aliphatic carbocycles.